The van der Waals surface area contributed by atoms with Crippen molar-refractivity contribution in [3.8, 4) is 0 Å². The van der Waals surface area contributed by atoms with E-state index in [0.29, 0.717) is 25.0 Å². The summed E-state index contributed by atoms with van der Waals surface area (Å²) < 4.78 is 1.81. The van der Waals surface area contributed by atoms with Crippen LogP contribution < -0.4 is 5.56 Å². The molecule has 1 amide bonds. The number of hydrogen-bond acceptors (Lipinski definition) is 4. The third kappa shape index (κ3) is 4.12. The van der Waals surface area contributed by atoms with Gasteiger partial charge in [0.15, 0.2) is 0 Å². The molecule has 0 aliphatic carbocycles. The lowest BCUT2D eigenvalue weighted by molar-refractivity contribution is 0.0549. The molecule has 0 N–H and O–H groups in total. The van der Waals surface area contributed by atoms with Gasteiger partial charge in [-0.1, -0.05) is 36.8 Å². The van der Waals surface area contributed by atoms with Gasteiger partial charge >= 0.3 is 0 Å². The second-order valence-corrected chi connectivity index (χ2v) is 8.15. The first-order valence-electron chi connectivity index (χ1n) is 11.1. The maximum absolute atomic E-state index is 13.1. The van der Waals surface area contributed by atoms with Crippen molar-refractivity contribution in [1.29, 1.82) is 0 Å². The molecule has 0 bridgehead atoms. The number of piperazine rings is 1. The van der Waals surface area contributed by atoms with E-state index in [0.717, 1.165) is 42.0 Å². The average molecular weight is 419 g/mol. The number of hydrogen-bond donors (Lipinski definition) is 0. The maximum atomic E-state index is 13.1. The van der Waals surface area contributed by atoms with Crippen LogP contribution in [-0.4, -0.2) is 51.4 Å². The van der Waals surface area contributed by atoms with Crippen LogP contribution in [0.1, 0.15) is 48.1 Å². The minimum atomic E-state index is 0.0229. The number of fused-ring (bicyclic) bond motifs is 1. The number of rotatable bonds is 5. The Bertz CT molecular complexity index is 1130. The Morgan fingerprint density at radius 1 is 1.00 bits per heavy atom. The zero-order valence-electron chi connectivity index (χ0n) is 18.5. The van der Waals surface area contributed by atoms with E-state index in [1.54, 1.807) is 4.57 Å². The molecule has 1 aliphatic rings. The average Bonchev–Trinajstić information content (AvgIpc) is 2.80. The van der Waals surface area contributed by atoms with Gasteiger partial charge in [0, 0.05) is 38.3 Å². The predicted octanol–water partition coefficient (Wildman–Crippen LogP) is 3.63. The number of aryl methyl sites for hydroxylation is 1. The second kappa shape index (κ2) is 9.02. The molecule has 1 saturated heterocycles. The van der Waals surface area contributed by atoms with Crippen LogP contribution in [0.5, 0.6) is 0 Å². The lowest BCUT2D eigenvalue weighted by atomic mass is 10.1. The molecule has 31 heavy (non-hydrogen) atoms. The van der Waals surface area contributed by atoms with E-state index in [9.17, 15) is 9.59 Å². The molecule has 162 valence electrons. The van der Waals surface area contributed by atoms with Gasteiger partial charge in [-0.15, -0.1) is 0 Å². The van der Waals surface area contributed by atoms with Gasteiger partial charge in [0.1, 0.15) is 5.82 Å². The number of benzene rings is 2. The van der Waals surface area contributed by atoms with Gasteiger partial charge in [0.05, 0.1) is 16.9 Å². The first-order valence-corrected chi connectivity index (χ1v) is 11.1. The lowest BCUT2D eigenvalue weighted by Crippen LogP contribution is -2.50. The van der Waals surface area contributed by atoms with Crippen molar-refractivity contribution in [3.63, 3.8) is 0 Å². The molecule has 2 aromatic carbocycles. The fourth-order valence-corrected chi connectivity index (χ4v) is 4.46. The van der Waals surface area contributed by atoms with E-state index in [2.05, 4.69) is 11.8 Å². The Labute approximate surface area is 183 Å². The van der Waals surface area contributed by atoms with E-state index >= 15 is 0 Å². The zero-order chi connectivity index (χ0) is 22.0. The molecule has 2 heterocycles. The minimum absolute atomic E-state index is 0.0229. The SMILES string of the molecule is CCC(c1nc2ccccc2c(=O)n1CC)N1CCN(C(=O)c2ccc(C)cc2)CC1. The highest BCUT2D eigenvalue weighted by Crippen LogP contribution is 2.25. The number of para-hydroxylation sites is 1. The van der Waals surface area contributed by atoms with Gasteiger partial charge in [-0.3, -0.25) is 19.1 Å². The van der Waals surface area contributed by atoms with Crippen molar-refractivity contribution >= 4 is 16.8 Å². The van der Waals surface area contributed by atoms with Gasteiger partial charge in [-0.05, 0) is 44.5 Å². The highest BCUT2D eigenvalue weighted by molar-refractivity contribution is 5.94. The third-order valence-corrected chi connectivity index (χ3v) is 6.23. The fraction of sp³-hybridized carbons (Fsp3) is 0.400. The minimum Gasteiger partial charge on any atom is -0.336 e. The van der Waals surface area contributed by atoms with Crippen LogP contribution in [-0.2, 0) is 6.54 Å². The Kier molecular flexibility index (Phi) is 6.18. The molecular formula is C25H30N4O2. The summed E-state index contributed by atoms with van der Waals surface area (Å²) in [4.78, 5) is 35.1. The molecule has 1 atom stereocenters. The first-order chi connectivity index (χ1) is 15.0. The highest BCUT2D eigenvalue weighted by atomic mass is 16.2. The summed E-state index contributed by atoms with van der Waals surface area (Å²) in [6.45, 7) is 9.62. The molecule has 0 spiro atoms. The van der Waals surface area contributed by atoms with Crippen LogP contribution in [0.3, 0.4) is 0 Å². The molecule has 3 aromatic rings. The normalized spacial score (nSPS) is 15.9. The predicted molar refractivity (Wildman–Crippen MR) is 123 cm³/mol. The fourth-order valence-electron chi connectivity index (χ4n) is 4.46. The summed E-state index contributed by atoms with van der Waals surface area (Å²) in [5.41, 5.74) is 2.66. The van der Waals surface area contributed by atoms with Gasteiger partial charge in [0.2, 0.25) is 0 Å². The molecule has 1 aromatic heterocycles. The lowest BCUT2D eigenvalue weighted by Gasteiger charge is -2.39. The number of carbonyl (C=O) groups is 1. The molecule has 1 aliphatic heterocycles. The van der Waals surface area contributed by atoms with Gasteiger partial charge in [-0.2, -0.15) is 0 Å². The third-order valence-electron chi connectivity index (χ3n) is 6.23. The van der Waals surface area contributed by atoms with Crippen LogP contribution in [0.4, 0.5) is 0 Å². The van der Waals surface area contributed by atoms with Crippen LogP contribution in [0, 0.1) is 6.92 Å². The maximum Gasteiger partial charge on any atom is 0.261 e. The largest absolute Gasteiger partial charge is 0.336 e. The van der Waals surface area contributed by atoms with Gasteiger partial charge in [-0.25, -0.2) is 4.98 Å². The number of amides is 1. The molecule has 6 nitrogen and oxygen atoms in total. The Balaban J connectivity index is 1.55. The van der Waals surface area contributed by atoms with Crippen LogP contribution in [0.25, 0.3) is 10.9 Å². The Hall–Kier alpha value is -2.99. The monoisotopic (exact) mass is 418 g/mol. The Morgan fingerprint density at radius 2 is 1.68 bits per heavy atom. The standard InChI is InChI=1S/C25H30N4O2/c1-4-22(23-26-21-9-7-6-8-20(21)25(31)29(23)5-2)27-14-16-28(17-15-27)24(30)19-12-10-18(3)11-13-19/h6-13,22H,4-5,14-17H2,1-3H3. The molecule has 1 fully saturated rings. The van der Waals surface area contributed by atoms with Gasteiger partial charge < -0.3 is 4.90 Å². The van der Waals surface area contributed by atoms with E-state index in [1.807, 2.05) is 67.3 Å². The van der Waals surface area contributed by atoms with E-state index in [1.165, 1.54) is 0 Å². The molecule has 0 saturated carbocycles. The first kappa shape index (κ1) is 21.2. The Morgan fingerprint density at radius 3 is 2.32 bits per heavy atom. The van der Waals surface area contributed by atoms with Crippen molar-refractivity contribution in [3.05, 3.63) is 75.8 Å². The van der Waals surface area contributed by atoms with Crippen molar-refractivity contribution in [2.24, 2.45) is 0 Å². The van der Waals surface area contributed by atoms with Gasteiger partial charge in [0.25, 0.3) is 11.5 Å². The summed E-state index contributed by atoms with van der Waals surface area (Å²) in [7, 11) is 0. The summed E-state index contributed by atoms with van der Waals surface area (Å²) in [5.74, 6) is 0.911. The van der Waals surface area contributed by atoms with Crippen LogP contribution >= 0.6 is 0 Å². The molecule has 4 rings (SSSR count). The van der Waals surface area contributed by atoms with E-state index < -0.39 is 0 Å². The van der Waals surface area contributed by atoms with E-state index in [-0.39, 0.29) is 17.5 Å². The summed E-state index contributed by atoms with van der Waals surface area (Å²) in [5, 5.41) is 0.663. The number of carbonyl (C=O) groups excluding carboxylic acids is 1. The summed E-state index contributed by atoms with van der Waals surface area (Å²) in [6.07, 6.45) is 0.858. The highest BCUT2D eigenvalue weighted by Gasteiger charge is 2.29. The van der Waals surface area contributed by atoms with Crippen molar-refractivity contribution in [2.75, 3.05) is 26.2 Å². The smallest absolute Gasteiger partial charge is 0.261 e. The quantitative estimate of drug-likeness (QED) is 0.635. The van der Waals surface area contributed by atoms with Crippen molar-refractivity contribution in [2.45, 2.75) is 39.8 Å². The number of aromatic nitrogens is 2. The summed E-state index contributed by atoms with van der Waals surface area (Å²) in [6, 6.07) is 15.4. The topological polar surface area (TPSA) is 58.4 Å². The molecule has 6 heteroatoms. The number of nitrogens with zero attached hydrogens (tertiary/aromatic N) is 4. The molecule has 1 unspecified atom stereocenters. The van der Waals surface area contributed by atoms with Crippen molar-refractivity contribution < 1.29 is 4.79 Å². The molecular weight excluding hydrogens is 388 g/mol. The van der Waals surface area contributed by atoms with Crippen molar-refractivity contribution in [1.82, 2.24) is 19.4 Å². The zero-order valence-corrected chi connectivity index (χ0v) is 18.5. The van der Waals surface area contributed by atoms with E-state index in [4.69, 9.17) is 4.98 Å². The van der Waals surface area contributed by atoms with Crippen LogP contribution in [0.15, 0.2) is 53.3 Å². The summed E-state index contributed by atoms with van der Waals surface area (Å²) >= 11 is 0. The van der Waals surface area contributed by atoms with Crippen LogP contribution in [0.2, 0.25) is 0 Å². The second-order valence-electron chi connectivity index (χ2n) is 8.15. The molecule has 0 radical (unpaired) electrons.